The number of nitrogens with zero attached hydrogens (tertiary/aromatic N) is 2. The number of hydrogen-bond donors (Lipinski definition) is 1. The number of aromatic amines is 1. The number of pyridine rings is 1. The molecule has 1 aliphatic carbocycles. The van der Waals surface area contributed by atoms with Crippen LogP contribution in [-0.4, -0.2) is 54.3 Å². The molecule has 1 N–H and O–H groups in total. The van der Waals surface area contributed by atoms with Crippen molar-refractivity contribution in [3.8, 4) is 16.9 Å². The van der Waals surface area contributed by atoms with Crippen LogP contribution >= 0.6 is 0 Å². The van der Waals surface area contributed by atoms with E-state index in [1.165, 1.54) is 6.07 Å². The zero-order valence-corrected chi connectivity index (χ0v) is 22.0. The summed E-state index contributed by atoms with van der Waals surface area (Å²) in [5, 5.41) is 1.11. The molecule has 4 aromatic rings. The SMILES string of the molecule is CCN(CC)CCC(F)(F)Oc1ccc(-c2cccc(S(=O)(=O)C3CC3)c2)c2c1[nH]c1ncc(C)cc12. The first-order valence-corrected chi connectivity index (χ1v) is 14.2. The summed E-state index contributed by atoms with van der Waals surface area (Å²) in [6, 6.07) is 12.0. The van der Waals surface area contributed by atoms with Crippen molar-refractivity contribution < 1.29 is 21.9 Å². The fourth-order valence-electron chi connectivity index (χ4n) is 4.74. The Hall–Kier alpha value is -3.04. The van der Waals surface area contributed by atoms with Crippen molar-refractivity contribution in [3.63, 3.8) is 0 Å². The lowest BCUT2D eigenvalue weighted by Crippen LogP contribution is -2.33. The monoisotopic (exact) mass is 527 g/mol. The van der Waals surface area contributed by atoms with Crippen LogP contribution in [0.15, 0.2) is 53.6 Å². The van der Waals surface area contributed by atoms with Gasteiger partial charge < -0.3 is 14.6 Å². The van der Waals surface area contributed by atoms with Crippen LogP contribution in [0.2, 0.25) is 0 Å². The van der Waals surface area contributed by atoms with Crippen LogP contribution in [0.1, 0.15) is 38.7 Å². The van der Waals surface area contributed by atoms with E-state index in [1.54, 1.807) is 30.5 Å². The average molecular weight is 528 g/mol. The molecule has 196 valence electrons. The number of fused-ring (bicyclic) bond motifs is 3. The molecule has 0 spiro atoms. The van der Waals surface area contributed by atoms with E-state index < -0.39 is 22.4 Å². The van der Waals surface area contributed by atoms with Crippen LogP contribution in [0.3, 0.4) is 0 Å². The fourth-order valence-corrected chi connectivity index (χ4v) is 6.44. The molecule has 9 heteroatoms. The first-order chi connectivity index (χ1) is 17.6. The Morgan fingerprint density at radius 1 is 1.14 bits per heavy atom. The third-order valence-corrected chi connectivity index (χ3v) is 9.27. The second-order valence-corrected chi connectivity index (χ2v) is 11.9. The van der Waals surface area contributed by atoms with Gasteiger partial charge in [-0.3, -0.25) is 0 Å². The van der Waals surface area contributed by atoms with E-state index in [0.29, 0.717) is 48.0 Å². The predicted molar refractivity (Wildman–Crippen MR) is 142 cm³/mol. The van der Waals surface area contributed by atoms with Gasteiger partial charge in [0.2, 0.25) is 0 Å². The zero-order chi connectivity index (χ0) is 26.4. The maximum absolute atomic E-state index is 14.9. The number of alkyl halides is 2. The molecule has 0 radical (unpaired) electrons. The molecule has 1 saturated carbocycles. The average Bonchev–Trinajstić information content (AvgIpc) is 3.67. The molecule has 0 unspecified atom stereocenters. The minimum atomic E-state index is -3.38. The van der Waals surface area contributed by atoms with Crippen molar-refractivity contribution in [2.24, 2.45) is 0 Å². The van der Waals surface area contributed by atoms with Gasteiger partial charge in [-0.1, -0.05) is 26.0 Å². The van der Waals surface area contributed by atoms with Crippen molar-refractivity contribution in [2.45, 2.75) is 56.3 Å². The largest absolute Gasteiger partial charge is 0.430 e. The molecule has 1 aliphatic rings. The molecule has 5 rings (SSSR count). The van der Waals surface area contributed by atoms with Gasteiger partial charge in [-0.2, -0.15) is 8.78 Å². The van der Waals surface area contributed by atoms with Crippen LogP contribution in [0.4, 0.5) is 8.78 Å². The molecule has 37 heavy (non-hydrogen) atoms. The lowest BCUT2D eigenvalue weighted by Gasteiger charge is -2.23. The second-order valence-electron chi connectivity index (χ2n) is 9.68. The molecule has 0 aliphatic heterocycles. The van der Waals surface area contributed by atoms with Gasteiger partial charge in [0.25, 0.3) is 0 Å². The van der Waals surface area contributed by atoms with Gasteiger partial charge in [-0.25, -0.2) is 13.4 Å². The number of benzene rings is 2. The lowest BCUT2D eigenvalue weighted by molar-refractivity contribution is -0.182. The Balaban J connectivity index is 1.61. The van der Waals surface area contributed by atoms with Crippen molar-refractivity contribution in [2.75, 3.05) is 19.6 Å². The molecular weight excluding hydrogens is 496 g/mol. The van der Waals surface area contributed by atoms with Crippen LogP contribution in [0, 0.1) is 6.92 Å². The van der Waals surface area contributed by atoms with Crippen molar-refractivity contribution in [1.29, 1.82) is 0 Å². The van der Waals surface area contributed by atoms with Gasteiger partial charge in [-0.15, -0.1) is 0 Å². The predicted octanol–water partition coefficient (Wildman–Crippen LogP) is 6.33. The molecular formula is C28H31F2N3O3S. The quantitative estimate of drug-likeness (QED) is 0.261. The van der Waals surface area contributed by atoms with E-state index in [9.17, 15) is 17.2 Å². The third-order valence-electron chi connectivity index (χ3n) is 7.01. The van der Waals surface area contributed by atoms with E-state index in [-0.39, 0.29) is 22.4 Å². The van der Waals surface area contributed by atoms with Gasteiger partial charge >= 0.3 is 6.11 Å². The summed E-state index contributed by atoms with van der Waals surface area (Å²) < 4.78 is 61.0. The molecule has 0 bridgehead atoms. The summed E-state index contributed by atoms with van der Waals surface area (Å²) in [5.74, 6) is 0.0284. The summed E-state index contributed by atoms with van der Waals surface area (Å²) in [4.78, 5) is 9.83. The Kier molecular flexibility index (Phi) is 6.70. The molecule has 0 amide bonds. The third kappa shape index (κ3) is 5.07. The van der Waals surface area contributed by atoms with E-state index in [0.717, 1.165) is 16.5 Å². The maximum atomic E-state index is 14.9. The highest BCUT2D eigenvalue weighted by atomic mass is 32.2. The molecule has 0 saturated heterocycles. The van der Waals surface area contributed by atoms with Gasteiger partial charge in [0.05, 0.1) is 22.1 Å². The summed E-state index contributed by atoms with van der Waals surface area (Å²) in [7, 11) is -3.38. The summed E-state index contributed by atoms with van der Waals surface area (Å²) in [6.07, 6.45) is -0.733. The lowest BCUT2D eigenvalue weighted by atomic mass is 9.99. The Labute approximate surface area is 215 Å². The standard InChI is InChI=1S/C28H31F2N3O3S/c1-4-33(5-2)14-13-28(29,30)36-24-12-11-22(25-23-15-18(3)17-31-27(23)32-26(24)25)19-7-6-8-21(16-19)37(34,35)20-9-10-20/h6-8,11-12,15-17,20H,4-5,9-10,13-14H2,1-3H3,(H,31,32). The number of sulfone groups is 1. The number of rotatable bonds is 10. The summed E-state index contributed by atoms with van der Waals surface area (Å²) >= 11 is 0. The zero-order valence-electron chi connectivity index (χ0n) is 21.2. The van der Waals surface area contributed by atoms with Crippen molar-refractivity contribution in [3.05, 3.63) is 54.2 Å². The number of H-pyrrole nitrogens is 1. The van der Waals surface area contributed by atoms with Gasteiger partial charge in [-0.05, 0) is 79.9 Å². The first kappa shape index (κ1) is 25.6. The highest BCUT2D eigenvalue weighted by Crippen LogP contribution is 2.42. The number of nitrogens with one attached hydrogen (secondary N) is 1. The summed E-state index contributed by atoms with van der Waals surface area (Å²) in [5.41, 5.74) is 3.28. The van der Waals surface area contributed by atoms with E-state index in [4.69, 9.17) is 4.74 Å². The molecule has 0 atom stereocenters. The topological polar surface area (TPSA) is 75.3 Å². The molecule has 6 nitrogen and oxygen atoms in total. The number of ether oxygens (including phenoxy) is 1. The second kappa shape index (κ2) is 9.68. The van der Waals surface area contributed by atoms with Gasteiger partial charge in [0.15, 0.2) is 15.6 Å². The number of aryl methyl sites for hydroxylation is 1. The number of hydrogen-bond acceptors (Lipinski definition) is 5. The molecule has 2 aromatic heterocycles. The summed E-state index contributed by atoms with van der Waals surface area (Å²) in [6.45, 7) is 7.39. The smallest absolute Gasteiger partial charge is 0.399 e. The van der Waals surface area contributed by atoms with E-state index in [1.807, 2.05) is 37.8 Å². The van der Waals surface area contributed by atoms with E-state index in [2.05, 4.69) is 9.97 Å². The first-order valence-electron chi connectivity index (χ1n) is 12.7. The van der Waals surface area contributed by atoms with Crippen LogP contribution in [0.25, 0.3) is 33.1 Å². The highest BCUT2D eigenvalue weighted by molar-refractivity contribution is 7.92. The highest BCUT2D eigenvalue weighted by Gasteiger charge is 2.37. The fraction of sp³-hybridized carbons (Fsp3) is 0.393. The van der Waals surface area contributed by atoms with Crippen molar-refractivity contribution in [1.82, 2.24) is 14.9 Å². The number of aromatic nitrogens is 2. The van der Waals surface area contributed by atoms with Crippen LogP contribution in [-0.2, 0) is 9.84 Å². The minimum absolute atomic E-state index is 0.0284. The normalized spacial score (nSPS) is 14.6. The van der Waals surface area contributed by atoms with Gasteiger partial charge in [0.1, 0.15) is 5.65 Å². The van der Waals surface area contributed by atoms with E-state index >= 15 is 0 Å². The maximum Gasteiger partial charge on any atom is 0.399 e. The van der Waals surface area contributed by atoms with Crippen LogP contribution in [0.5, 0.6) is 5.75 Å². The minimum Gasteiger partial charge on any atom is -0.430 e. The Morgan fingerprint density at radius 3 is 2.59 bits per heavy atom. The van der Waals surface area contributed by atoms with Gasteiger partial charge in [0, 0.05) is 23.5 Å². The Morgan fingerprint density at radius 2 is 1.89 bits per heavy atom. The number of halogens is 2. The Bertz CT molecular complexity index is 1560. The molecule has 2 aromatic carbocycles. The molecule has 2 heterocycles. The molecule has 1 fully saturated rings. The van der Waals surface area contributed by atoms with Crippen LogP contribution < -0.4 is 4.74 Å². The van der Waals surface area contributed by atoms with Crippen molar-refractivity contribution >= 4 is 31.8 Å².